The molecule has 3 rings (SSSR count). The normalized spacial score (nSPS) is 20.3. The first-order chi connectivity index (χ1) is 12.6. The number of aromatic nitrogens is 1. The SMILES string of the molecule is CCOc1ccc(/C=C/c2nc(C#N)c(N3C[C@@H](C)O[C@H](C)C3)o2)cc1. The molecule has 26 heavy (non-hydrogen) atoms. The van der Waals surface area contributed by atoms with Gasteiger partial charge in [-0.15, -0.1) is 0 Å². The zero-order valence-electron chi connectivity index (χ0n) is 15.3. The standard InChI is InChI=1S/C20H23N3O3/c1-4-24-17-8-5-16(6-9-17)7-10-19-22-18(11-21)20(26-19)23-12-14(2)25-15(3)13-23/h5-10,14-15H,4,12-13H2,1-3H3/b10-7+/t14-,15-/m1/s1. The molecule has 0 bridgehead atoms. The van der Waals surface area contributed by atoms with Gasteiger partial charge in [0.15, 0.2) is 0 Å². The van der Waals surface area contributed by atoms with Crippen LogP contribution < -0.4 is 9.64 Å². The van der Waals surface area contributed by atoms with Crippen LogP contribution in [0.3, 0.4) is 0 Å². The molecular weight excluding hydrogens is 330 g/mol. The smallest absolute Gasteiger partial charge is 0.235 e. The summed E-state index contributed by atoms with van der Waals surface area (Å²) in [5.74, 6) is 1.77. The van der Waals surface area contributed by atoms with E-state index >= 15 is 0 Å². The topological polar surface area (TPSA) is 71.5 Å². The Morgan fingerprint density at radius 1 is 1.23 bits per heavy atom. The summed E-state index contributed by atoms with van der Waals surface area (Å²) in [7, 11) is 0. The Morgan fingerprint density at radius 3 is 2.54 bits per heavy atom. The van der Waals surface area contributed by atoms with Crippen molar-refractivity contribution in [1.29, 1.82) is 5.26 Å². The van der Waals surface area contributed by atoms with Gasteiger partial charge in [0.25, 0.3) is 0 Å². The van der Waals surface area contributed by atoms with Gasteiger partial charge < -0.3 is 18.8 Å². The van der Waals surface area contributed by atoms with Crippen LogP contribution in [-0.2, 0) is 4.74 Å². The van der Waals surface area contributed by atoms with Crippen molar-refractivity contribution >= 4 is 18.0 Å². The molecule has 0 aliphatic carbocycles. The summed E-state index contributed by atoms with van der Waals surface area (Å²) in [4.78, 5) is 6.32. The lowest BCUT2D eigenvalue weighted by Gasteiger charge is -2.34. The molecule has 0 unspecified atom stereocenters. The lowest BCUT2D eigenvalue weighted by atomic mass is 10.2. The van der Waals surface area contributed by atoms with Crippen molar-refractivity contribution in [3.05, 3.63) is 41.4 Å². The molecule has 1 aromatic carbocycles. The molecule has 1 fully saturated rings. The summed E-state index contributed by atoms with van der Waals surface area (Å²) in [6.07, 6.45) is 3.83. The molecule has 6 heteroatoms. The van der Waals surface area contributed by atoms with E-state index in [-0.39, 0.29) is 12.2 Å². The van der Waals surface area contributed by atoms with Gasteiger partial charge in [-0.05, 0) is 44.5 Å². The summed E-state index contributed by atoms with van der Waals surface area (Å²) >= 11 is 0. The van der Waals surface area contributed by atoms with Gasteiger partial charge in [-0.25, -0.2) is 0 Å². The second-order valence-corrected chi connectivity index (χ2v) is 6.32. The van der Waals surface area contributed by atoms with Crippen molar-refractivity contribution < 1.29 is 13.9 Å². The molecule has 0 saturated carbocycles. The van der Waals surface area contributed by atoms with E-state index in [4.69, 9.17) is 13.9 Å². The number of ether oxygens (including phenoxy) is 2. The van der Waals surface area contributed by atoms with E-state index in [1.54, 1.807) is 6.08 Å². The number of hydrogen-bond acceptors (Lipinski definition) is 6. The number of rotatable bonds is 5. The average molecular weight is 353 g/mol. The maximum Gasteiger partial charge on any atom is 0.235 e. The Hall–Kier alpha value is -2.78. The highest BCUT2D eigenvalue weighted by Crippen LogP contribution is 2.26. The monoisotopic (exact) mass is 353 g/mol. The first-order valence-corrected chi connectivity index (χ1v) is 8.81. The van der Waals surface area contributed by atoms with E-state index in [1.807, 2.05) is 56.0 Å². The highest BCUT2D eigenvalue weighted by molar-refractivity contribution is 5.67. The van der Waals surface area contributed by atoms with Crippen molar-refractivity contribution in [3.8, 4) is 11.8 Å². The molecule has 0 spiro atoms. The number of benzene rings is 1. The van der Waals surface area contributed by atoms with Gasteiger partial charge in [-0.2, -0.15) is 10.2 Å². The van der Waals surface area contributed by atoms with Crippen LogP contribution in [0.2, 0.25) is 0 Å². The fraction of sp³-hybridized carbons (Fsp3) is 0.400. The third-order valence-electron chi connectivity index (χ3n) is 4.05. The zero-order valence-corrected chi connectivity index (χ0v) is 15.3. The molecule has 2 heterocycles. The van der Waals surface area contributed by atoms with Crippen molar-refractivity contribution in [2.24, 2.45) is 0 Å². The molecule has 6 nitrogen and oxygen atoms in total. The number of nitriles is 1. The van der Waals surface area contributed by atoms with Crippen LogP contribution in [0, 0.1) is 11.3 Å². The molecule has 1 aliphatic rings. The van der Waals surface area contributed by atoms with Gasteiger partial charge in [0, 0.05) is 19.2 Å². The molecular formula is C20H23N3O3. The third kappa shape index (κ3) is 4.24. The van der Waals surface area contributed by atoms with Gasteiger partial charge in [-0.3, -0.25) is 0 Å². The fourth-order valence-corrected chi connectivity index (χ4v) is 3.04. The highest BCUT2D eigenvalue weighted by atomic mass is 16.5. The van der Waals surface area contributed by atoms with Crippen LogP contribution in [-0.4, -0.2) is 36.9 Å². The Balaban J connectivity index is 1.77. The maximum atomic E-state index is 9.39. The molecule has 1 aromatic heterocycles. The minimum absolute atomic E-state index is 0.0817. The predicted molar refractivity (Wildman–Crippen MR) is 100.0 cm³/mol. The van der Waals surface area contributed by atoms with Crippen LogP contribution in [0.1, 0.15) is 37.9 Å². The van der Waals surface area contributed by atoms with E-state index in [2.05, 4.69) is 11.1 Å². The zero-order chi connectivity index (χ0) is 18.5. The predicted octanol–water partition coefficient (Wildman–Crippen LogP) is 3.73. The second kappa shape index (κ2) is 8.07. The minimum Gasteiger partial charge on any atom is -0.494 e. The van der Waals surface area contributed by atoms with Crippen LogP contribution in [0.5, 0.6) is 5.75 Å². The van der Waals surface area contributed by atoms with Gasteiger partial charge in [-0.1, -0.05) is 12.1 Å². The summed E-state index contributed by atoms with van der Waals surface area (Å²) in [5, 5.41) is 9.39. The molecule has 1 aliphatic heterocycles. The van der Waals surface area contributed by atoms with Gasteiger partial charge >= 0.3 is 0 Å². The molecule has 136 valence electrons. The van der Waals surface area contributed by atoms with Crippen molar-refractivity contribution in [1.82, 2.24) is 4.98 Å². The summed E-state index contributed by atoms with van der Waals surface area (Å²) in [5.41, 5.74) is 1.30. The number of nitrogens with zero attached hydrogens (tertiary/aromatic N) is 3. The van der Waals surface area contributed by atoms with E-state index in [9.17, 15) is 5.26 Å². The van der Waals surface area contributed by atoms with Crippen LogP contribution >= 0.6 is 0 Å². The lowest BCUT2D eigenvalue weighted by molar-refractivity contribution is -0.00642. The second-order valence-electron chi connectivity index (χ2n) is 6.32. The van der Waals surface area contributed by atoms with Crippen LogP contribution in [0.25, 0.3) is 12.2 Å². The van der Waals surface area contributed by atoms with Gasteiger partial charge in [0.1, 0.15) is 11.8 Å². The van der Waals surface area contributed by atoms with Gasteiger partial charge in [0.05, 0.1) is 18.8 Å². The molecule has 1 saturated heterocycles. The quantitative estimate of drug-likeness (QED) is 0.816. The maximum absolute atomic E-state index is 9.39. The number of oxazole rings is 1. The molecule has 0 amide bonds. The van der Waals surface area contributed by atoms with E-state index in [0.29, 0.717) is 37.2 Å². The number of morpholine rings is 1. The summed E-state index contributed by atoms with van der Waals surface area (Å²) in [6.45, 7) is 7.98. The summed E-state index contributed by atoms with van der Waals surface area (Å²) < 4.78 is 17.0. The number of anilines is 1. The lowest BCUT2D eigenvalue weighted by Crippen LogP contribution is -2.45. The molecule has 0 radical (unpaired) electrons. The minimum atomic E-state index is 0.0817. The van der Waals surface area contributed by atoms with Gasteiger partial charge in [0.2, 0.25) is 17.5 Å². The molecule has 2 aromatic rings. The molecule has 2 atom stereocenters. The van der Waals surface area contributed by atoms with E-state index in [1.165, 1.54) is 0 Å². The Bertz CT molecular complexity index is 795. The van der Waals surface area contributed by atoms with Crippen LogP contribution in [0.15, 0.2) is 28.7 Å². The Morgan fingerprint density at radius 2 is 1.92 bits per heavy atom. The average Bonchev–Trinajstić information content (AvgIpc) is 3.04. The molecule has 0 N–H and O–H groups in total. The van der Waals surface area contributed by atoms with E-state index < -0.39 is 0 Å². The largest absolute Gasteiger partial charge is 0.494 e. The van der Waals surface area contributed by atoms with Crippen molar-refractivity contribution in [2.45, 2.75) is 33.0 Å². The third-order valence-corrected chi connectivity index (χ3v) is 4.05. The van der Waals surface area contributed by atoms with Crippen molar-refractivity contribution in [3.63, 3.8) is 0 Å². The van der Waals surface area contributed by atoms with E-state index in [0.717, 1.165) is 11.3 Å². The Kier molecular flexibility index (Phi) is 5.59. The first-order valence-electron chi connectivity index (χ1n) is 8.81. The number of hydrogen-bond donors (Lipinski definition) is 0. The first kappa shape index (κ1) is 18.0. The summed E-state index contributed by atoms with van der Waals surface area (Å²) in [6, 6.07) is 9.88. The van der Waals surface area contributed by atoms with Crippen molar-refractivity contribution in [2.75, 3.05) is 24.6 Å². The fourth-order valence-electron chi connectivity index (χ4n) is 3.04. The van der Waals surface area contributed by atoms with Crippen LogP contribution in [0.4, 0.5) is 5.88 Å². The Labute approximate surface area is 153 Å². The highest BCUT2D eigenvalue weighted by Gasteiger charge is 2.27.